The summed E-state index contributed by atoms with van der Waals surface area (Å²) in [7, 11) is 1.99. The predicted octanol–water partition coefficient (Wildman–Crippen LogP) is 0.910. The van der Waals surface area contributed by atoms with Crippen LogP contribution >= 0.6 is 24.0 Å². The Labute approximate surface area is 99.3 Å². The Morgan fingerprint density at radius 2 is 2.27 bits per heavy atom. The van der Waals surface area contributed by atoms with Crippen LogP contribution in [0.15, 0.2) is 12.4 Å². The first-order chi connectivity index (χ1) is 7.15. The number of anilines is 1. The summed E-state index contributed by atoms with van der Waals surface area (Å²) in [5, 5.41) is 0. The van der Waals surface area contributed by atoms with Gasteiger partial charge in [0, 0.05) is 19.3 Å². The molecule has 0 amide bonds. The van der Waals surface area contributed by atoms with Crippen LogP contribution in [0, 0.1) is 0 Å². The van der Waals surface area contributed by atoms with E-state index in [1.807, 2.05) is 11.9 Å². The first-order valence-electron chi connectivity index (χ1n) is 4.47. The molecule has 0 unspecified atom stereocenters. The lowest BCUT2D eigenvalue weighted by Gasteiger charge is -2.16. The van der Waals surface area contributed by atoms with Crippen LogP contribution in [0.2, 0.25) is 0 Å². The van der Waals surface area contributed by atoms with E-state index in [4.69, 9.17) is 18.0 Å². The van der Waals surface area contributed by atoms with Crippen LogP contribution in [0.3, 0.4) is 0 Å². The molecule has 1 rings (SSSR count). The molecule has 0 bridgehead atoms. The molecule has 0 saturated carbocycles. The molecule has 4 nitrogen and oxygen atoms in total. The van der Waals surface area contributed by atoms with Gasteiger partial charge in [-0.3, -0.25) is 0 Å². The SMILES string of the molecule is CSCCN(C)c1cnc(C(N)=S)cn1. The van der Waals surface area contributed by atoms with Gasteiger partial charge in [-0.05, 0) is 6.26 Å². The second kappa shape index (κ2) is 5.87. The zero-order valence-corrected chi connectivity index (χ0v) is 10.4. The highest BCUT2D eigenvalue weighted by molar-refractivity contribution is 7.98. The number of aromatic nitrogens is 2. The van der Waals surface area contributed by atoms with Gasteiger partial charge in [0.05, 0.1) is 12.4 Å². The number of hydrogen-bond donors (Lipinski definition) is 1. The maximum Gasteiger partial charge on any atom is 0.146 e. The maximum atomic E-state index is 5.43. The van der Waals surface area contributed by atoms with E-state index in [-0.39, 0.29) is 4.99 Å². The van der Waals surface area contributed by atoms with E-state index >= 15 is 0 Å². The third-order valence-corrected chi connectivity index (χ3v) is 2.71. The first-order valence-corrected chi connectivity index (χ1v) is 6.27. The van der Waals surface area contributed by atoms with E-state index in [0.717, 1.165) is 18.1 Å². The third kappa shape index (κ3) is 3.64. The number of thiocarbonyl (C=S) groups is 1. The van der Waals surface area contributed by atoms with Gasteiger partial charge in [0.2, 0.25) is 0 Å². The van der Waals surface area contributed by atoms with Crippen molar-refractivity contribution in [2.24, 2.45) is 5.73 Å². The second-order valence-corrected chi connectivity index (χ2v) is 4.46. The van der Waals surface area contributed by atoms with Crippen LogP contribution in [0.1, 0.15) is 5.69 Å². The van der Waals surface area contributed by atoms with Crippen LogP contribution in [-0.4, -0.2) is 40.6 Å². The highest BCUT2D eigenvalue weighted by Crippen LogP contribution is 2.07. The fourth-order valence-electron chi connectivity index (χ4n) is 0.988. The normalized spacial score (nSPS) is 10.0. The van der Waals surface area contributed by atoms with E-state index in [1.54, 1.807) is 24.2 Å². The number of rotatable bonds is 5. The van der Waals surface area contributed by atoms with E-state index < -0.39 is 0 Å². The molecular formula is C9H14N4S2. The topological polar surface area (TPSA) is 55.0 Å². The van der Waals surface area contributed by atoms with Gasteiger partial charge in [-0.2, -0.15) is 11.8 Å². The van der Waals surface area contributed by atoms with Gasteiger partial charge in [-0.1, -0.05) is 12.2 Å². The third-order valence-electron chi connectivity index (χ3n) is 1.91. The van der Waals surface area contributed by atoms with Crippen molar-refractivity contribution < 1.29 is 0 Å². The average Bonchev–Trinajstić information content (AvgIpc) is 2.26. The van der Waals surface area contributed by atoms with Gasteiger partial charge in [-0.25, -0.2) is 9.97 Å². The Morgan fingerprint density at radius 3 is 2.73 bits per heavy atom. The minimum Gasteiger partial charge on any atom is -0.388 e. The van der Waals surface area contributed by atoms with Gasteiger partial charge < -0.3 is 10.6 Å². The fourth-order valence-corrected chi connectivity index (χ4v) is 1.55. The number of nitrogens with zero attached hydrogens (tertiary/aromatic N) is 3. The molecule has 6 heteroatoms. The largest absolute Gasteiger partial charge is 0.388 e. The molecule has 0 atom stereocenters. The van der Waals surface area contributed by atoms with Crippen molar-refractivity contribution in [1.29, 1.82) is 0 Å². The average molecular weight is 242 g/mol. The lowest BCUT2D eigenvalue weighted by Crippen LogP contribution is -2.22. The van der Waals surface area contributed by atoms with Crippen LogP contribution in [0.5, 0.6) is 0 Å². The molecule has 15 heavy (non-hydrogen) atoms. The Kier molecular flexibility index (Phi) is 4.77. The van der Waals surface area contributed by atoms with Crippen LogP contribution < -0.4 is 10.6 Å². The highest BCUT2D eigenvalue weighted by atomic mass is 32.2. The van der Waals surface area contributed by atoms with E-state index in [1.165, 1.54) is 0 Å². The smallest absolute Gasteiger partial charge is 0.146 e. The lowest BCUT2D eigenvalue weighted by molar-refractivity contribution is 0.934. The number of nitrogens with two attached hydrogens (primary N) is 1. The van der Waals surface area contributed by atoms with Gasteiger partial charge in [0.1, 0.15) is 16.5 Å². The maximum absolute atomic E-state index is 5.43. The summed E-state index contributed by atoms with van der Waals surface area (Å²) in [5.41, 5.74) is 5.99. The Hall–Kier alpha value is -0.880. The van der Waals surface area contributed by atoms with Gasteiger partial charge in [-0.15, -0.1) is 0 Å². The highest BCUT2D eigenvalue weighted by Gasteiger charge is 2.03. The first kappa shape index (κ1) is 12.2. The summed E-state index contributed by atoms with van der Waals surface area (Å²) < 4.78 is 0. The van der Waals surface area contributed by atoms with Crippen molar-refractivity contribution in [3.8, 4) is 0 Å². The molecular weight excluding hydrogens is 228 g/mol. The van der Waals surface area contributed by atoms with Crippen molar-refractivity contribution in [1.82, 2.24) is 9.97 Å². The van der Waals surface area contributed by atoms with Crippen molar-refractivity contribution in [3.05, 3.63) is 18.1 Å². The molecule has 0 aliphatic heterocycles. The minimum absolute atomic E-state index is 0.279. The van der Waals surface area contributed by atoms with E-state index in [2.05, 4.69) is 16.2 Å². The molecule has 0 aromatic carbocycles. The molecule has 1 aromatic heterocycles. The lowest BCUT2D eigenvalue weighted by atomic mass is 10.4. The summed E-state index contributed by atoms with van der Waals surface area (Å²) in [6.07, 6.45) is 5.37. The molecule has 1 heterocycles. The number of hydrogen-bond acceptors (Lipinski definition) is 5. The molecule has 0 saturated heterocycles. The molecule has 0 radical (unpaired) electrons. The van der Waals surface area contributed by atoms with Crippen LogP contribution in [-0.2, 0) is 0 Å². The Morgan fingerprint density at radius 1 is 1.53 bits per heavy atom. The minimum atomic E-state index is 0.279. The molecule has 0 fully saturated rings. The summed E-state index contributed by atoms with van der Waals surface area (Å²) in [4.78, 5) is 10.7. The predicted molar refractivity (Wildman–Crippen MR) is 69.6 cm³/mol. The van der Waals surface area contributed by atoms with E-state index in [9.17, 15) is 0 Å². The van der Waals surface area contributed by atoms with Crippen molar-refractivity contribution >= 4 is 34.8 Å². The van der Waals surface area contributed by atoms with E-state index in [0.29, 0.717) is 5.69 Å². The Bertz CT molecular complexity index is 325. The molecule has 82 valence electrons. The molecule has 2 N–H and O–H groups in total. The molecule has 0 aliphatic rings. The summed E-state index contributed by atoms with van der Waals surface area (Å²) in [5.74, 6) is 1.90. The van der Waals surface area contributed by atoms with Crippen molar-refractivity contribution in [2.75, 3.05) is 30.5 Å². The zero-order chi connectivity index (χ0) is 11.3. The van der Waals surface area contributed by atoms with Gasteiger partial charge in [0.25, 0.3) is 0 Å². The standard InChI is InChI=1S/C9H14N4S2/c1-13(3-4-15-2)8-6-11-7(5-12-8)9(10)14/h5-6H,3-4H2,1-2H3,(H2,10,14). The number of thioether (sulfide) groups is 1. The fraction of sp³-hybridized carbons (Fsp3) is 0.444. The molecule has 0 spiro atoms. The monoisotopic (exact) mass is 242 g/mol. The van der Waals surface area contributed by atoms with Gasteiger partial charge >= 0.3 is 0 Å². The summed E-state index contributed by atoms with van der Waals surface area (Å²) >= 11 is 6.60. The molecule has 1 aromatic rings. The van der Waals surface area contributed by atoms with Crippen molar-refractivity contribution in [2.45, 2.75) is 0 Å². The summed E-state index contributed by atoms with van der Waals surface area (Å²) in [6, 6.07) is 0. The van der Waals surface area contributed by atoms with Crippen molar-refractivity contribution in [3.63, 3.8) is 0 Å². The second-order valence-electron chi connectivity index (χ2n) is 3.04. The van der Waals surface area contributed by atoms with Crippen LogP contribution in [0.4, 0.5) is 5.82 Å². The molecule has 0 aliphatic carbocycles. The Balaban J connectivity index is 2.66. The van der Waals surface area contributed by atoms with Gasteiger partial charge in [0.15, 0.2) is 0 Å². The zero-order valence-electron chi connectivity index (χ0n) is 8.80. The van der Waals surface area contributed by atoms with Crippen LogP contribution in [0.25, 0.3) is 0 Å². The summed E-state index contributed by atoms with van der Waals surface area (Å²) in [6.45, 7) is 0.947. The quantitative estimate of drug-likeness (QED) is 0.775.